The fourth-order valence-corrected chi connectivity index (χ4v) is 4.42. The second-order valence-corrected chi connectivity index (χ2v) is 8.33. The molecule has 1 aromatic heterocycles. The standard InChI is InChI=1S/C21H29ClN6O/c1-16-21(17(2)24-23-16)28-9-7-25(8-10-28)15-20(29)27-13-11-26(12-14-27)19-5-3-18(22)4-6-19/h3-6H,7-15H2,1-2H3,(H,23,24). The minimum Gasteiger partial charge on any atom is -0.368 e. The van der Waals surface area contributed by atoms with Gasteiger partial charge in [-0.3, -0.25) is 14.8 Å². The van der Waals surface area contributed by atoms with Crippen molar-refractivity contribution < 1.29 is 4.79 Å². The first-order valence-corrected chi connectivity index (χ1v) is 10.7. The highest BCUT2D eigenvalue weighted by molar-refractivity contribution is 6.30. The lowest BCUT2D eigenvalue weighted by Crippen LogP contribution is -2.54. The first-order valence-electron chi connectivity index (χ1n) is 10.3. The molecule has 0 spiro atoms. The molecule has 0 radical (unpaired) electrons. The second kappa shape index (κ2) is 8.63. The monoisotopic (exact) mass is 416 g/mol. The molecule has 0 aliphatic carbocycles. The van der Waals surface area contributed by atoms with Crippen LogP contribution in [0.4, 0.5) is 11.4 Å². The number of nitrogens with one attached hydrogen (secondary N) is 1. The maximum Gasteiger partial charge on any atom is 0.236 e. The number of piperazine rings is 2. The smallest absolute Gasteiger partial charge is 0.236 e. The number of aryl methyl sites for hydroxylation is 2. The quantitative estimate of drug-likeness (QED) is 0.827. The van der Waals surface area contributed by atoms with E-state index in [1.165, 1.54) is 11.4 Å². The van der Waals surface area contributed by atoms with Crippen LogP contribution in [0.2, 0.25) is 5.02 Å². The Morgan fingerprint density at radius 1 is 0.966 bits per heavy atom. The maximum absolute atomic E-state index is 12.8. The third-order valence-electron chi connectivity index (χ3n) is 5.96. The van der Waals surface area contributed by atoms with Gasteiger partial charge in [0.2, 0.25) is 5.91 Å². The number of carbonyl (C=O) groups is 1. The number of nitrogens with zero attached hydrogens (tertiary/aromatic N) is 5. The molecule has 1 amide bonds. The highest BCUT2D eigenvalue weighted by atomic mass is 35.5. The van der Waals surface area contributed by atoms with E-state index in [0.29, 0.717) is 6.54 Å². The van der Waals surface area contributed by atoms with Gasteiger partial charge in [-0.1, -0.05) is 11.6 Å². The van der Waals surface area contributed by atoms with E-state index in [1.54, 1.807) is 0 Å². The molecule has 3 heterocycles. The molecule has 2 aliphatic heterocycles. The maximum atomic E-state index is 12.8. The van der Waals surface area contributed by atoms with E-state index < -0.39 is 0 Å². The minimum absolute atomic E-state index is 0.241. The molecule has 0 atom stereocenters. The lowest BCUT2D eigenvalue weighted by molar-refractivity contribution is -0.132. The van der Waals surface area contributed by atoms with Gasteiger partial charge in [0.15, 0.2) is 0 Å². The Balaban J connectivity index is 1.24. The van der Waals surface area contributed by atoms with Gasteiger partial charge in [0.05, 0.1) is 23.6 Å². The molecule has 7 nitrogen and oxygen atoms in total. The molecule has 4 rings (SSSR count). The van der Waals surface area contributed by atoms with Gasteiger partial charge >= 0.3 is 0 Å². The van der Waals surface area contributed by atoms with Crippen molar-refractivity contribution >= 4 is 28.9 Å². The van der Waals surface area contributed by atoms with Crippen molar-refractivity contribution in [2.75, 3.05) is 68.7 Å². The van der Waals surface area contributed by atoms with Crippen LogP contribution >= 0.6 is 11.6 Å². The van der Waals surface area contributed by atoms with Crippen molar-refractivity contribution in [1.82, 2.24) is 20.0 Å². The number of H-pyrrole nitrogens is 1. The SMILES string of the molecule is Cc1n[nH]c(C)c1N1CCN(CC(=O)N2CCN(c3ccc(Cl)cc3)CC2)CC1. The van der Waals surface area contributed by atoms with E-state index in [-0.39, 0.29) is 5.91 Å². The normalized spacial score (nSPS) is 18.4. The van der Waals surface area contributed by atoms with Crippen molar-refractivity contribution in [1.29, 1.82) is 0 Å². The highest BCUT2D eigenvalue weighted by Gasteiger charge is 2.26. The summed E-state index contributed by atoms with van der Waals surface area (Å²) in [6, 6.07) is 7.92. The molecule has 2 fully saturated rings. The summed E-state index contributed by atoms with van der Waals surface area (Å²) in [5, 5.41) is 8.11. The number of carbonyl (C=O) groups excluding carboxylic acids is 1. The summed E-state index contributed by atoms with van der Waals surface area (Å²) in [5.41, 5.74) is 4.55. The molecule has 8 heteroatoms. The number of aromatic amines is 1. The van der Waals surface area contributed by atoms with Crippen LogP contribution in [0.5, 0.6) is 0 Å². The Hall–Kier alpha value is -2.25. The lowest BCUT2D eigenvalue weighted by atomic mass is 10.2. The molecule has 2 saturated heterocycles. The number of benzene rings is 1. The van der Waals surface area contributed by atoms with Gasteiger partial charge in [-0.2, -0.15) is 5.10 Å². The summed E-state index contributed by atoms with van der Waals surface area (Å²) >= 11 is 5.98. The Kier molecular flexibility index (Phi) is 5.96. The van der Waals surface area contributed by atoms with Gasteiger partial charge in [-0.15, -0.1) is 0 Å². The zero-order valence-corrected chi connectivity index (χ0v) is 18.0. The summed E-state index contributed by atoms with van der Waals surface area (Å²) in [7, 11) is 0. The molecule has 1 aromatic carbocycles. The first kappa shape index (κ1) is 20.0. The fraction of sp³-hybridized carbons (Fsp3) is 0.524. The second-order valence-electron chi connectivity index (χ2n) is 7.89. The molecular weight excluding hydrogens is 388 g/mol. The number of amides is 1. The molecule has 2 aliphatic rings. The predicted molar refractivity (Wildman–Crippen MR) is 117 cm³/mol. The van der Waals surface area contributed by atoms with Crippen molar-refractivity contribution in [3.63, 3.8) is 0 Å². The number of aromatic nitrogens is 2. The van der Waals surface area contributed by atoms with E-state index in [9.17, 15) is 4.79 Å². The van der Waals surface area contributed by atoms with E-state index in [0.717, 1.165) is 68.8 Å². The molecule has 29 heavy (non-hydrogen) atoms. The topological polar surface area (TPSA) is 58.7 Å². The predicted octanol–water partition coefficient (Wildman–Crippen LogP) is 2.15. The summed E-state index contributed by atoms with van der Waals surface area (Å²) in [6.45, 7) is 11.5. The molecular formula is C21H29ClN6O. The van der Waals surface area contributed by atoms with E-state index in [4.69, 9.17) is 11.6 Å². The van der Waals surface area contributed by atoms with Crippen LogP contribution in [0.15, 0.2) is 24.3 Å². The van der Waals surface area contributed by atoms with Crippen LogP contribution in [0.25, 0.3) is 0 Å². The van der Waals surface area contributed by atoms with Gasteiger partial charge in [0.1, 0.15) is 0 Å². The number of hydrogen-bond acceptors (Lipinski definition) is 5. The van der Waals surface area contributed by atoms with Crippen LogP contribution in [-0.4, -0.2) is 84.8 Å². The Morgan fingerprint density at radius 2 is 1.59 bits per heavy atom. The molecule has 2 aromatic rings. The fourth-order valence-electron chi connectivity index (χ4n) is 4.30. The average Bonchev–Trinajstić information content (AvgIpc) is 3.07. The number of halogens is 1. The summed E-state index contributed by atoms with van der Waals surface area (Å²) in [5.74, 6) is 0.241. The van der Waals surface area contributed by atoms with E-state index in [2.05, 4.69) is 31.8 Å². The molecule has 1 N–H and O–H groups in total. The van der Waals surface area contributed by atoms with Gasteiger partial charge in [-0.25, -0.2) is 0 Å². The van der Waals surface area contributed by atoms with Gasteiger partial charge in [0, 0.05) is 63.1 Å². The largest absolute Gasteiger partial charge is 0.368 e. The number of anilines is 2. The zero-order valence-electron chi connectivity index (χ0n) is 17.2. The van der Waals surface area contributed by atoms with Crippen molar-refractivity contribution in [3.8, 4) is 0 Å². The molecule has 0 bridgehead atoms. The van der Waals surface area contributed by atoms with Crippen LogP contribution in [0.3, 0.4) is 0 Å². The summed E-state index contributed by atoms with van der Waals surface area (Å²) < 4.78 is 0. The highest BCUT2D eigenvalue weighted by Crippen LogP contribution is 2.23. The van der Waals surface area contributed by atoms with Gasteiger partial charge < -0.3 is 14.7 Å². The van der Waals surface area contributed by atoms with Crippen LogP contribution < -0.4 is 9.80 Å². The molecule has 0 saturated carbocycles. The molecule has 156 valence electrons. The van der Waals surface area contributed by atoms with E-state index >= 15 is 0 Å². The van der Waals surface area contributed by atoms with Gasteiger partial charge in [0.25, 0.3) is 0 Å². The minimum atomic E-state index is 0.241. The number of rotatable bonds is 4. The van der Waals surface area contributed by atoms with Crippen molar-refractivity contribution in [2.24, 2.45) is 0 Å². The number of hydrogen-bond donors (Lipinski definition) is 1. The Bertz CT molecular complexity index is 816. The average molecular weight is 417 g/mol. The van der Waals surface area contributed by atoms with Crippen molar-refractivity contribution in [3.05, 3.63) is 40.7 Å². The molecule has 0 unspecified atom stereocenters. The first-order chi connectivity index (χ1) is 14.0. The Labute approximate surface area is 177 Å². The third kappa shape index (κ3) is 4.51. The lowest BCUT2D eigenvalue weighted by Gasteiger charge is -2.39. The zero-order chi connectivity index (χ0) is 20.4. The van der Waals surface area contributed by atoms with E-state index in [1.807, 2.05) is 36.1 Å². The van der Waals surface area contributed by atoms with Crippen LogP contribution in [0.1, 0.15) is 11.4 Å². The van der Waals surface area contributed by atoms with Crippen LogP contribution in [0, 0.1) is 13.8 Å². The van der Waals surface area contributed by atoms with Gasteiger partial charge in [-0.05, 0) is 38.1 Å². The van der Waals surface area contributed by atoms with Crippen molar-refractivity contribution in [2.45, 2.75) is 13.8 Å². The van der Waals surface area contributed by atoms with Crippen LogP contribution in [-0.2, 0) is 4.79 Å². The third-order valence-corrected chi connectivity index (χ3v) is 6.21. The summed E-state index contributed by atoms with van der Waals surface area (Å²) in [4.78, 5) is 21.8. The summed E-state index contributed by atoms with van der Waals surface area (Å²) in [6.07, 6.45) is 0. The Morgan fingerprint density at radius 3 is 2.17 bits per heavy atom.